The Morgan fingerprint density at radius 1 is 1.32 bits per heavy atom. The zero-order valence-corrected chi connectivity index (χ0v) is 12.0. The number of amides is 1. The number of likely N-dealkylation sites (tertiary alicyclic amines) is 1. The minimum atomic E-state index is 0.181. The average molecular weight is 261 g/mol. The van der Waals surface area contributed by atoms with E-state index >= 15 is 0 Å². The summed E-state index contributed by atoms with van der Waals surface area (Å²) >= 11 is 0. The van der Waals surface area contributed by atoms with Crippen molar-refractivity contribution in [2.45, 2.75) is 13.0 Å². The summed E-state index contributed by atoms with van der Waals surface area (Å²) in [4.78, 5) is 16.4. The van der Waals surface area contributed by atoms with Gasteiger partial charge in [-0.2, -0.15) is 0 Å². The van der Waals surface area contributed by atoms with Crippen molar-refractivity contribution in [2.75, 3.05) is 39.0 Å². The van der Waals surface area contributed by atoms with Gasteiger partial charge < -0.3 is 15.1 Å². The van der Waals surface area contributed by atoms with Crippen LogP contribution in [0.4, 0.5) is 5.69 Å². The highest BCUT2D eigenvalue weighted by molar-refractivity contribution is 5.81. The Morgan fingerprint density at radius 3 is 2.58 bits per heavy atom. The molecule has 1 aliphatic heterocycles. The molecule has 1 amide bonds. The molecule has 19 heavy (non-hydrogen) atoms. The van der Waals surface area contributed by atoms with E-state index in [1.54, 1.807) is 0 Å². The van der Waals surface area contributed by atoms with E-state index < -0.39 is 0 Å². The van der Waals surface area contributed by atoms with Crippen LogP contribution in [0.25, 0.3) is 0 Å². The second-order valence-corrected chi connectivity index (χ2v) is 5.53. The fraction of sp³-hybridized carbons (Fsp3) is 0.533. The molecule has 1 fully saturated rings. The summed E-state index contributed by atoms with van der Waals surface area (Å²) in [7, 11) is 4.16. The van der Waals surface area contributed by atoms with E-state index in [4.69, 9.17) is 0 Å². The van der Waals surface area contributed by atoms with Crippen molar-refractivity contribution in [3.63, 3.8) is 0 Å². The molecule has 1 heterocycles. The SMILES string of the molecule is CC1CN(C(=O)CNc2ccccc2)CC1N(C)C. The molecule has 104 valence electrons. The van der Waals surface area contributed by atoms with Crippen LogP contribution >= 0.6 is 0 Å². The van der Waals surface area contributed by atoms with Crippen LogP contribution in [0, 0.1) is 5.92 Å². The Balaban J connectivity index is 1.85. The number of para-hydroxylation sites is 1. The zero-order chi connectivity index (χ0) is 13.8. The number of carbonyl (C=O) groups excluding carboxylic acids is 1. The summed E-state index contributed by atoms with van der Waals surface area (Å²) in [5.74, 6) is 0.718. The first-order valence-electron chi connectivity index (χ1n) is 6.81. The highest BCUT2D eigenvalue weighted by atomic mass is 16.2. The van der Waals surface area contributed by atoms with E-state index in [-0.39, 0.29) is 5.91 Å². The lowest BCUT2D eigenvalue weighted by Crippen LogP contribution is -2.37. The third kappa shape index (κ3) is 3.47. The number of nitrogens with zero attached hydrogens (tertiary/aromatic N) is 2. The van der Waals surface area contributed by atoms with Gasteiger partial charge in [-0.25, -0.2) is 0 Å². The Hall–Kier alpha value is -1.55. The van der Waals surface area contributed by atoms with Gasteiger partial charge in [0.15, 0.2) is 0 Å². The average Bonchev–Trinajstić information content (AvgIpc) is 2.79. The van der Waals surface area contributed by atoms with Crippen LogP contribution in [-0.4, -0.2) is 55.5 Å². The number of anilines is 1. The van der Waals surface area contributed by atoms with Gasteiger partial charge in [0.05, 0.1) is 6.54 Å². The maximum Gasteiger partial charge on any atom is 0.241 e. The fourth-order valence-electron chi connectivity index (χ4n) is 2.67. The van der Waals surface area contributed by atoms with Crippen LogP contribution in [0.5, 0.6) is 0 Å². The number of nitrogens with one attached hydrogen (secondary N) is 1. The van der Waals surface area contributed by atoms with Crippen LogP contribution in [0.1, 0.15) is 6.92 Å². The number of hydrogen-bond donors (Lipinski definition) is 1. The molecule has 0 radical (unpaired) electrons. The van der Waals surface area contributed by atoms with Gasteiger partial charge >= 0.3 is 0 Å². The van der Waals surface area contributed by atoms with Gasteiger partial charge in [-0.15, -0.1) is 0 Å². The first-order chi connectivity index (χ1) is 9.08. The first-order valence-corrected chi connectivity index (χ1v) is 6.81. The van der Waals surface area contributed by atoms with Crippen LogP contribution in [0.3, 0.4) is 0 Å². The Bertz CT molecular complexity index is 419. The predicted molar refractivity (Wildman–Crippen MR) is 78.2 cm³/mol. The quantitative estimate of drug-likeness (QED) is 0.892. The minimum Gasteiger partial charge on any atom is -0.376 e. The summed E-state index contributed by atoms with van der Waals surface area (Å²) in [6.07, 6.45) is 0. The van der Waals surface area contributed by atoms with Crippen molar-refractivity contribution >= 4 is 11.6 Å². The Kier molecular flexibility index (Phi) is 4.43. The van der Waals surface area contributed by atoms with Gasteiger partial charge in [-0.3, -0.25) is 4.79 Å². The van der Waals surface area contributed by atoms with Gasteiger partial charge in [0.1, 0.15) is 0 Å². The van der Waals surface area contributed by atoms with Gasteiger partial charge in [0.2, 0.25) is 5.91 Å². The largest absolute Gasteiger partial charge is 0.376 e. The normalized spacial score (nSPS) is 22.8. The summed E-state index contributed by atoms with van der Waals surface area (Å²) in [5.41, 5.74) is 0.993. The van der Waals surface area contributed by atoms with Crippen LogP contribution in [0.2, 0.25) is 0 Å². The number of rotatable bonds is 4. The highest BCUT2D eigenvalue weighted by Gasteiger charge is 2.33. The molecule has 0 spiro atoms. The summed E-state index contributed by atoms with van der Waals surface area (Å²) in [5, 5.41) is 3.18. The molecule has 1 aromatic carbocycles. The fourth-order valence-corrected chi connectivity index (χ4v) is 2.67. The first kappa shape index (κ1) is 13.9. The maximum absolute atomic E-state index is 12.2. The molecule has 2 rings (SSSR count). The zero-order valence-electron chi connectivity index (χ0n) is 12.0. The summed E-state index contributed by atoms with van der Waals surface area (Å²) in [6, 6.07) is 10.3. The molecule has 0 aromatic heterocycles. The third-order valence-electron chi connectivity index (χ3n) is 3.81. The predicted octanol–water partition coefficient (Wildman–Crippen LogP) is 1.51. The topological polar surface area (TPSA) is 35.6 Å². The van der Waals surface area contributed by atoms with E-state index in [9.17, 15) is 4.79 Å². The molecule has 2 unspecified atom stereocenters. The van der Waals surface area contributed by atoms with Crippen LogP contribution < -0.4 is 5.32 Å². The lowest BCUT2D eigenvalue weighted by Gasteiger charge is -2.22. The Labute approximate surface area is 115 Å². The lowest BCUT2D eigenvalue weighted by molar-refractivity contribution is -0.128. The highest BCUT2D eigenvalue weighted by Crippen LogP contribution is 2.20. The molecule has 1 aliphatic rings. The van der Waals surface area contributed by atoms with E-state index in [0.717, 1.165) is 18.8 Å². The number of carbonyl (C=O) groups is 1. The molecule has 4 nitrogen and oxygen atoms in total. The second-order valence-electron chi connectivity index (χ2n) is 5.53. The van der Waals surface area contributed by atoms with Crippen molar-refractivity contribution in [1.82, 2.24) is 9.80 Å². The van der Waals surface area contributed by atoms with Crippen molar-refractivity contribution < 1.29 is 4.79 Å². The Morgan fingerprint density at radius 2 is 2.00 bits per heavy atom. The number of benzene rings is 1. The van der Waals surface area contributed by atoms with Gasteiger partial charge in [0, 0.05) is 24.8 Å². The maximum atomic E-state index is 12.2. The van der Waals surface area contributed by atoms with Crippen molar-refractivity contribution in [2.24, 2.45) is 5.92 Å². The molecular formula is C15H23N3O. The smallest absolute Gasteiger partial charge is 0.241 e. The van der Waals surface area contributed by atoms with E-state index in [1.807, 2.05) is 35.2 Å². The van der Waals surface area contributed by atoms with Crippen LogP contribution in [-0.2, 0) is 4.79 Å². The van der Waals surface area contributed by atoms with Crippen molar-refractivity contribution in [3.8, 4) is 0 Å². The number of hydrogen-bond acceptors (Lipinski definition) is 3. The molecular weight excluding hydrogens is 238 g/mol. The minimum absolute atomic E-state index is 0.181. The summed E-state index contributed by atoms with van der Waals surface area (Å²) in [6.45, 7) is 4.28. The van der Waals surface area contributed by atoms with Crippen LogP contribution in [0.15, 0.2) is 30.3 Å². The van der Waals surface area contributed by atoms with Gasteiger partial charge in [-0.1, -0.05) is 25.1 Å². The van der Waals surface area contributed by atoms with Gasteiger partial charge in [0.25, 0.3) is 0 Å². The molecule has 0 bridgehead atoms. The van der Waals surface area contributed by atoms with Crippen molar-refractivity contribution in [3.05, 3.63) is 30.3 Å². The molecule has 4 heteroatoms. The van der Waals surface area contributed by atoms with Gasteiger partial charge in [-0.05, 0) is 32.1 Å². The monoisotopic (exact) mass is 261 g/mol. The van der Waals surface area contributed by atoms with Crippen molar-refractivity contribution in [1.29, 1.82) is 0 Å². The standard InChI is InChI=1S/C15H23N3O/c1-12-10-18(11-14(12)17(2)3)15(19)9-16-13-7-5-4-6-8-13/h4-8,12,14,16H,9-11H2,1-3H3. The second kappa shape index (κ2) is 6.06. The molecule has 1 saturated heterocycles. The third-order valence-corrected chi connectivity index (χ3v) is 3.81. The molecule has 1 aromatic rings. The lowest BCUT2D eigenvalue weighted by atomic mass is 10.1. The number of likely N-dealkylation sites (N-methyl/N-ethyl adjacent to an activating group) is 1. The molecule has 1 N–H and O–H groups in total. The van der Waals surface area contributed by atoms with E-state index in [2.05, 4.69) is 31.2 Å². The van der Waals surface area contributed by atoms with E-state index in [1.165, 1.54) is 0 Å². The summed E-state index contributed by atoms with van der Waals surface area (Å²) < 4.78 is 0. The van der Waals surface area contributed by atoms with E-state index in [0.29, 0.717) is 18.5 Å². The molecule has 0 aliphatic carbocycles. The molecule has 0 saturated carbocycles. The molecule has 2 atom stereocenters.